The number of methoxy groups -OCH3 is 1. The summed E-state index contributed by atoms with van der Waals surface area (Å²) >= 11 is 3.63. The Kier molecular flexibility index (Phi) is 3.08. The van der Waals surface area contributed by atoms with Gasteiger partial charge in [0.2, 0.25) is 0 Å². The molecule has 0 amide bonds. The van der Waals surface area contributed by atoms with Crippen LogP contribution < -0.4 is 4.74 Å². The van der Waals surface area contributed by atoms with Gasteiger partial charge in [-0.05, 0) is 12.1 Å². The first-order valence-corrected chi connectivity index (χ1v) is 4.58. The van der Waals surface area contributed by atoms with Gasteiger partial charge in [-0.2, -0.15) is 0 Å². The second-order valence-electron chi connectivity index (χ2n) is 2.05. The molecule has 0 heterocycles. The number of ether oxygens (including phenoxy) is 1. The molecule has 66 valence electrons. The SMILES string of the molecule is COc1ccc(S(=O)O)c(Cl)c1. The predicted octanol–water partition coefficient (Wildman–Crippen LogP) is 1.93. The molecular formula is C7H7ClO3S. The van der Waals surface area contributed by atoms with Crippen LogP contribution in [0.2, 0.25) is 5.02 Å². The molecule has 0 saturated carbocycles. The van der Waals surface area contributed by atoms with Gasteiger partial charge in [0, 0.05) is 6.07 Å². The Morgan fingerprint density at radius 2 is 2.25 bits per heavy atom. The van der Waals surface area contributed by atoms with Gasteiger partial charge in [-0.1, -0.05) is 11.6 Å². The molecule has 0 aliphatic carbocycles. The summed E-state index contributed by atoms with van der Waals surface area (Å²) in [5.74, 6) is 0.564. The molecule has 1 unspecified atom stereocenters. The van der Waals surface area contributed by atoms with Crippen LogP contribution in [0.25, 0.3) is 0 Å². The molecule has 0 fully saturated rings. The maximum Gasteiger partial charge on any atom is 0.188 e. The van der Waals surface area contributed by atoms with Gasteiger partial charge >= 0.3 is 0 Å². The first-order valence-electron chi connectivity index (χ1n) is 3.09. The van der Waals surface area contributed by atoms with Gasteiger partial charge in [0.05, 0.1) is 17.0 Å². The summed E-state index contributed by atoms with van der Waals surface area (Å²) in [4.78, 5) is 0.192. The van der Waals surface area contributed by atoms with Gasteiger partial charge < -0.3 is 9.29 Å². The highest BCUT2D eigenvalue weighted by Crippen LogP contribution is 2.24. The van der Waals surface area contributed by atoms with Gasteiger partial charge in [0.15, 0.2) is 11.1 Å². The average molecular weight is 207 g/mol. The van der Waals surface area contributed by atoms with Crippen LogP contribution in [0.5, 0.6) is 5.75 Å². The largest absolute Gasteiger partial charge is 0.497 e. The Morgan fingerprint density at radius 3 is 2.67 bits per heavy atom. The van der Waals surface area contributed by atoms with Crippen LogP contribution in [-0.4, -0.2) is 15.9 Å². The minimum Gasteiger partial charge on any atom is -0.497 e. The van der Waals surface area contributed by atoms with E-state index in [0.717, 1.165) is 0 Å². The fourth-order valence-corrected chi connectivity index (χ4v) is 1.53. The van der Waals surface area contributed by atoms with Crippen molar-refractivity contribution >= 4 is 22.7 Å². The third-order valence-electron chi connectivity index (χ3n) is 1.33. The van der Waals surface area contributed by atoms with E-state index < -0.39 is 11.1 Å². The molecule has 0 aliphatic heterocycles. The third-order valence-corrected chi connectivity index (χ3v) is 2.48. The molecule has 1 N–H and O–H groups in total. The van der Waals surface area contributed by atoms with Crippen LogP contribution in [0, 0.1) is 0 Å². The van der Waals surface area contributed by atoms with Crippen molar-refractivity contribution in [2.24, 2.45) is 0 Å². The fourth-order valence-electron chi connectivity index (χ4n) is 0.750. The van der Waals surface area contributed by atoms with Crippen molar-refractivity contribution in [3.05, 3.63) is 23.2 Å². The molecule has 1 atom stereocenters. The van der Waals surface area contributed by atoms with Crippen LogP contribution in [0.4, 0.5) is 0 Å². The first kappa shape index (κ1) is 9.51. The Hall–Kier alpha value is -0.580. The standard InChI is InChI=1S/C7H7ClO3S/c1-11-5-2-3-7(12(9)10)6(8)4-5/h2-4H,1H3,(H,9,10). The van der Waals surface area contributed by atoms with Crippen molar-refractivity contribution in [1.29, 1.82) is 0 Å². The van der Waals surface area contributed by atoms with Gasteiger partial charge in [-0.15, -0.1) is 0 Å². The monoisotopic (exact) mass is 206 g/mol. The van der Waals surface area contributed by atoms with Crippen molar-refractivity contribution in [2.75, 3.05) is 7.11 Å². The molecule has 0 aliphatic rings. The van der Waals surface area contributed by atoms with Crippen molar-refractivity contribution < 1.29 is 13.5 Å². The zero-order chi connectivity index (χ0) is 9.14. The average Bonchev–Trinajstić information content (AvgIpc) is 2.03. The molecular weight excluding hydrogens is 200 g/mol. The highest BCUT2D eigenvalue weighted by molar-refractivity contribution is 7.79. The maximum absolute atomic E-state index is 10.6. The second kappa shape index (κ2) is 3.89. The third kappa shape index (κ3) is 1.97. The topological polar surface area (TPSA) is 46.5 Å². The molecule has 3 nitrogen and oxygen atoms in total. The number of halogens is 1. The molecule has 5 heteroatoms. The van der Waals surface area contributed by atoms with E-state index >= 15 is 0 Å². The van der Waals surface area contributed by atoms with E-state index in [-0.39, 0.29) is 9.92 Å². The Balaban J connectivity index is 3.12. The molecule has 0 radical (unpaired) electrons. The lowest BCUT2D eigenvalue weighted by atomic mass is 10.3. The quantitative estimate of drug-likeness (QED) is 0.753. The summed E-state index contributed by atoms with van der Waals surface area (Å²) in [7, 11) is 1.50. The van der Waals surface area contributed by atoms with Crippen LogP contribution in [0.15, 0.2) is 23.1 Å². The predicted molar refractivity (Wildman–Crippen MR) is 47.0 cm³/mol. The van der Waals surface area contributed by atoms with Gasteiger partial charge in [-0.3, -0.25) is 0 Å². The molecule has 1 aromatic carbocycles. The Labute approximate surface area is 77.6 Å². The minimum atomic E-state index is -2.04. The van der Waals surface area contributed by atoms with E-state index in [1.165, 1.54) is 19.2 Å². The molecule has 12 heavy (non-hydrogen) atoms. The summed E-state index contributed by atoms with van der Waals surface area (Å²) in [6.07, 6.45) is 0. The van der Waals surface area contributed by atoms with Crippen LogP contribution in [0.1, 0.15) is 0 Å². The number of rotatable bonds is 2. The summed E-state index contributed by atoms with van der Waals surface area (Å²) in [6, 6.07) is 4.53. The summed E-state index contributed by atoms with van der Waals surface area (Å²) in [5, 5.41) is 0.232. The number of hydrogen-bond donors (Lipinski definition) is 1. The van der Waals surface area contributed by atoms with E-state index in [1.807, 2.05) is 0 Å². The fraction of sp³-hybridized carbons (Fsp3) is 0.143. The number of benzene rings is 1. The highest BCUT2D eigenvalue weighted by atomic mass is 35.5. The molecule has 1 aromatic rings. The molecule has 0 spiro atoms. The minimum absolute atomic E-state index is 0.192. The van der Waals surface area contributed by atoms with E-state index in [9.17, 15) is 4.21 Å². The maximum atomic E-state index is 10.6. The normalized spacial score (nSPS) is 12.6. The van der Waals surface area contributed by atoms with Gasteiger partial charge in [0.1, 0.15) is 5.75 Å². The van der Waals surface area contributed by atoms with Crippen LogP contribution in [0.3, 0.4) is 0 Å². The van der Waals surface area contributed by atoms with Crippen molar-refractivity contribution in [3.63, 3.8) is 0 Å². The van der Waals surface area contributed by atoms with Crippen LogP contribution >= 0.6 is 11.6 Å². The summed E-state index contributed by atoms with van der Waals surface area (Å²) in [6.45, 7) is 0. The summed E-state index contributed by atoms with van der Waals surface area (Å²) < 4.78 is 24.2. The Morgan fingerprint density at radius 1 is 1.58 bits per heavy atom. The summed E-state index contributed by atoms with van der Waals surface area (Å²) in [5.41, 5.74) is 0. The van der Waals surface area contributed by atoms with Crippen LogP contribution in [-0.2, 0) is 11.1 Å². The van der Waals surface area contributed by atoms with Crippen molar-refractivity contribution in [2.45, 2.75) is 4.90 Å². The second-order valence-corrected chi connectivity index (χ2v) is 3.39. The van der Waals surface area contributed by atoms with Gasteiger partial charge in [-0.25, -0.2) is 4.21 Å². The smallest absolute Gasteiger partial charge is 0.188 e. The highest BCUT2D eigenvalue weighted by Gasteiger charge is 2.06. The molecule has 0 saturated heterocycles. The van der Waals surface area contributed by atoms with Gasteiger partial charge in [0.25, 0.3) is 0 Å². The van der Waals surface area contributed by atoms with Crippen molar-refractivity contribution in [3.8, 4) is 5.75 Å². The molecule has 0 aromatic heterocycles. The number of hydrogen-bond acceptors (Lipinski definition) is 2. The zero-order valence-electron chi connectivity index (χ0n) is 6.28. The Bertz CT molecular complexity index is 314. The van der Waals surface area contributed by atoms with E-state index in [0.29, 0.717) is 5.75 Å². The van der Waals surface area contributed by atoms with Crippen molar-refractivity contribution in [1.82, 2.24) is 0 Å². The first-order chi connectivity index (χ1) is 5.65. The van der Waals surface area contributed by atoms with E-state index in [2.05, 4.69) is 0 Å². The zero-order valence-corrected chi connectivity index (χ0v) is 7.85. The van der Waals surface area contributed by atoms with E-state index in [1.54, 1.807) is 6.07 Å². The lowest BCUT2D eigenvalue weighted by Gasteiger charge is -2.02. The van der Waals surface area contributed by atoms with E-state index in [4.69, 9.17) is 20.9 Å². The lowest BCUT2D eigenvalue weighted by Crippen LogP contribution is -1.90. The molecule has 0 bridgehead atoms. The molecule has 1 rings (SSSR count). The lowest BCUT2D eigenvalue weighted by molar-refractivity contribution is 0.414.